The average molecular weight is 549 g/mol. The summed E-state index contributed by atoms with van der Waals surface area (Å²) in [7, 11) is 0. The summed E-state index contributed by atoms with van der Waals surface area (Å²) in [5.41, 5.74) is -0.297. The van der Waals surface area contributed by atoms with Crippen LogP contribution < -0.4 is 9.62 Å². The van der Waals surface area contributed by atoms with E-state index in [9.17, 15) is 34.8 Å². The summed E-state index contributed by atoms with van der Waals surface area (Å²) in [4.78, 5) is 47.2. The molecule has 0 aliphatic carbocycles. The van der Waals surface area contributed by atoms with Gasteiger partial charge in [0.1, 0.15) is 23.9 Å². The SMILES string of the molecule is O=C(O)c1cc(O)ccc1COOc1ccc(Sc2ccc(OC(=O)c3ccc(O)cc3C(=O)O)cc2)cc1. The van der Waals surface area contributed by atoms with Crippen molar-refractivity contribution in [1.82, 2.24) is 0 Å². The lowest BCUT2D eigenvalue weighted by molar-refractivity contribution is -0.217. The fraction of sp³-hybridized carbons (Fsp3) is 0.0357. The highest BCUT2D eigenvalue weighted by molar-refractivity contribution is 7.99. The number of hydrogen-bond acceptors (Lipinski definition) is 9. The second kappa shape index (κ2) is 12.0. The molecule has 0 saturated carbocycles. The molecular weight excluding hydrogens is 528 g/mol. The summed E-state index contributed by atoms with van der Waals surface area (Å²) >= 11 is 1.42. The molecule has 0 fully saturated rings. The number of hydrogen-bond donors (Lipinski definition) is 4. The van der Waals surface area contributed by atoms with Crippen molar-refractivity contribution in [2.45, 2.75) is 16.4 Å². The molecule has 0 heterocycles. The molecular formula is C28H20O10S. The number of carboxylic acids is 2. The number of carbonyl (C=O) groups excluding carboxylic acids is 1. The fourth-order valence-electron chi connectivity index (χ4n) is 3.37. The highest BCUT2D eigenvalue weighted by Crippen LogP contribution is 2.31. The second-order valence-corrected chi connectivity index (χ2v) is 9.11. The molecule has 4 aromatic carbocycles. The number of phenols is 2. The maximum Gasteiger partial charge on any atom is 0.344 e. The van der Waals surface area contributed by atoms with Crippen LogP contribution in [0.25, 0.3) is 0 Å². The number of benzene rings is 4. The van der Waals surface area contributed by atoms with Gasteiger partial charge in [0.2, 0.25) is 0 Å². The summed E-state index contributed by atoms with van der Waals surface area (Å²) in [6, 6.07) is 20.8. The zero-order chi connectivity index (χ0) is 27.9. The molecule has 0 amide bonds. The predicted molar refractivity (Wildman–Crippen MR) is 138 cm³/mol. The first-order valence-electron chi connectivity index (χ1n) is 11.2. The molecule has 0 saturated heterocycles. The van der Waals surface area contributed by atoms with Crippen LogP contribution in [0.15, 0.2) is 94.7 Å². The number of carbonyl (C=O) groups is 3. The van der Waals surface area contributed by atoms with Gasteiger partial charge < -0.3 is 30.1 Å². The molecule has 0 aromatic heterocycles. The lowest BCUT2D eigenvalue weighted by Crippen LogP contribution is -2.14. The molecule has 4 aromatic rings. The van der Waals surface area contributed by atoms with Crippen molar-refractivity contribution in [3.8, 4) is 23.0 Å². The highest BCUT2D eigenvalue weighted by atomic mass is 32.2. The van der Waals surface area contributed by atoms with Gasteiger partial charge >= 0.3 is 17.9 Å². The number of ether oxygens (including phenoxy) is 1. The number of phenolic OH excluding ortho intramolecular Hbond substituents is 2. The van der Waals surface area contributed by atoms with Crippen molar-refractivity contribution in [1.29, 1.82) is 0 Å². The van der Waals surface area contributed by atoms with E-state index in [1.54, 1.807) is 48.5 Å². The quantitative estimate of drug-likeness (QED) is 0.0872. The third-order valence-electron chi connectivity index (χ3n) is 5.24. The van der Waals surface area contributed by atoms with Crippen molar-refractivity contribution < 1.29 is 49.3 Å². The smallest absolute Gasteiger partial charge is 0.344 e. The Labute approximate surface area is 225 Å². The fourth-order valence-corrected chi connectivity index (χ4v) is 4.19. The Morgan fingerprint density at radius 3 is 1.77 bits per heavy atom. The van der Waals surface area contributed by atoms with Gasteiger partial charge in [0.05, 0.1) is 16.7 Å². The third-order valence-corrected chi connectivity index (χ3v) is 6.26. The van der Waals surface area contributed by atoms with E-state index in [0.717, 1.165) is 21.9 Å². The van der Waals surface area contributed by atoms with Crippen LogP contribution in [-0.4, -0.2) is 38.3 Å². The monoisotopic (exact) mass is 548 g/mol. The van der Waals surface area contributed by atoms with Crippen LogP contribution in [0.1, 0.15) is 36.6 Å². The van der Waals surface area contributed by atoms with Crippen molar-refractivity contribution in [3.05, 3.63) is 107 Å². The molecule has 4 N–H and O–H groups in total. The minimum absolute atomic E-state index is 0.0866. The molecule has 10 nitrogen and oxygen atoms in total. The maximum absolute atomic E-state index is 12.4. The Balaban J connectivity index is 1.31. The molecule has 0 unspecified atom stereocenters. The van der Waals surface area contributed by atoms with E-state index in [1.165, 1.54) is 36.0 Å². The molecule has 39 heavy (non-hydrogen) atoms. The van der Waals surface area contributed by atoms with E-state index in [4.69, 9.17) is 14.5 Å². The van der Waals surface area contributed by atoms with Crippen LogP contribution in [0.3, 0.4) is 0 Å². The number of esters is 1. The van der Waals surface area contributed by atoms with Crippen LogP contribution in [0.5, 0.6) is 23.0 Å². The molecule has 0 atom stereocenters. The number of rotatable bonds is 10. The Morgan fingerprint density at radius 2 is 1.18 bits per heavy atom. The van der Waals surface area contributed by atoms with Gasteiger partial charge in [-0.2, -0.15) is 4.89 Å². The first kappa shape index (κ1) is 27.0. The van der Waals surface area contributed by atoms with Gasteiger partial charge in [-0.25, -0.2) is 14.4 Å². The summed E-state index contributed by atoms with van der Waals surface area (Å²) in [6.45, 7) is -0.139. The molecule has 11 heteroatoms. The highest BCUT2D eigenvalue weighted by Gasteiger charge is 2.19. The molecule has 0 aliphatic heterocycles. The van der Waals surface area contributed by atoms with Crippen molar-refractivity contribution in [3.63, 3.8) is 0 Å². The minimum Gasteiger partial charge on any atom is -0.508 e. The van der Waals surface area contributed by atoms with E-state index in [1.807, 2.05) is 0 Å². The van der Waals surface area contributed by atoms with E-state index in [2.05, 4.69) is 0 Å². The van der Waals surface area contributed by atoms with E-state index < -0.39 is 17.9 Å². The van der Waals surface area contributed by atoms with E-state index in [-0.39, 0.29) is 40.5 Å². The van der Waals surface area contributed by atoms with Gasteiger partial charge in [0, 0.05) is 9.79 Å². The lowest BCUT2D eigenvalue weighted by Gasteiger charge is -2.09. The second-order valence-electron chi connectivity index (χ2n) is 7.96. The van der Waals surface area contributed by atoms with Crippen LogP contribution in [0.4, 0.5) is 0 Å². The first-order chi connectivity index (χ1) is 18.7. The Bertz CT molecular complexity index is 1510. The maximum atomic E-state index is 12.4. The van der Waals surface area contributed by atoms with E-state index >= 15 is 0 Å². The number of aromatic carboxylic acids is 2. The Hall–Kier alpha value is -5.00. The topological polar surface area (TPSA) is 160 Å². The third kappa shape index (κ3) is 7.06. The van der Waals surface area contributed by atoms with Crippen molar-refractivity contribution in [2.24, 2.45) is 0 Å². The zero-order valence-electron chi connectivity index (χ0n) is 19.9. The molecule has 0 spiro atoms. The normalized spacial score (nSPS) is 10.6. The Kier molecular flexibility index (Phi) is 8.34. The Morgan fingerprint density at radius 1 is 0.641 bits per heavy atom. The molecule has 4 rings (SSSR count). The zero-order valence-corrected chi connectivity index (χ0v) is 20.8. The number of carboxylic acid groups (broad SMARTS) is 2. The lowest BCUT2D eigenvalue weighted by atomic mass is 10.1. The first-order valence-corrected chi connectivity index (χ1v) is 12.0. The van der Waals surface area contributed by atoms with Gasteiger partial charge in [-0.3, -0.25) is 0 Å². The van der Waals surface area contributed by atoms with Crippen molar-refractivity contribution in [2.75, 3.05) is 0 Å². The molecule has 198 valence electrons. The van der Waals surface area contributed by atoms with Crippen molar-refractivity contribution >= 4 is 29.7 Å². The molecule has 0 aliphatic rings. The van der Waals surface area contributed by atoms with Crippen LogP contribution in [0, 0.1) is 0 Å². The minimum atomic E-state index is -1.36. The summed E-state index contributed by atoms with van der Waals surface area (Å²) in [5, 5.41) is 37.4. The standard InChI is InChI=1S/C28H20O10S/c29-17-2-1-16(24(13-17)26(31)32)15-36-38-20-6-10-22(11-7-20)39-21-8-4-19(5-9-21)37-28(35)23-12-3-18(30)14-25(23)27(33)34/h1-14,29-30H,15H2,(H,31,32)(H,33,34). The van der Waals surface area contributed by atoms with Crippen LogP contribution >= 0.6 is 11.8 Å². The summed E-state index contributed by atoms with van der Waals surface area (Å²) in [5.74, 6) is -3.25. The molecule has 0 bridgehead atoms. The summed E-state index contributed by atoms with van der Waals surface area (Å²) < 4.78 is 5.28. The van der Waals surface area contributed by atoms with Crippen LogP contribution in [0.2, 0.25) is 0 Å². The van der Waals surface area contributed by atoms with Gasteiger partial charge in [0.15, 0.2) is 5.75 Å². The van der Waals surface area contributed by atoms with Gasteiger partial charge in [-0.05, 0) is 84.4 Å². The van der Waals surface area contributed by atoms with Gasteiger partial charge in [-0.15, -0.1) is 0 Å². The largest absolute Gasteiger partial charge is 0.508 e. The van der Waals surface area contributed by atoms with E-state index in [0.29, 0.717) is 11.3 Å². The van der Waals surface area contributed by atoms with Gasteiger partial charge in [-0.1, -0.05) is 17.8 Å². The molecule has 0 radical (unpaired) electrons. The average Bonchev–Trinajstić information content (AvgIpc) is 2.91. The number of aromatic hydroxyl groups is 2. The predicted octanol–water partition coefficient (Wildman–Crippen LogP) is 5.38. The van der Waals surface area contributed by atoms with Gasteiger partial charge in [0.25, 0.3) is 0 Å². The van der Waals surface area contributed by atoms with Crippen LogP contribution in [-0.2, 0) is 11.5 Å². The summed E-state index contributed by atoms with van der Waals surface area (Å²) in [6.07, 6.45) is 0.